The molecule has 0 saturated heterocycles. The van der Waals surface area contributed by atoms with E-state index in [0.717, 1.165) is 5.82 Å². The summed E-state index contributed by atoms with van der Waals surface area (Å²) in [6, 6.07) is 11.5. The number of imidazole rings is 1. The highest BCUT2D eigenvalue weighted by atomic mass is 19.1. The molecule has 10 heteroatoms. The number of carbonyl (C=O) groups excluding carboxylic acids is 1. The third kappa shape index (κ3) is 3.68. The summed E-state index contributed by atoms with van der Waals surface area (Å²) in [6.45, 7) is 3.92. The summed E-state index contributed by atoms with van der Waals surface area (Å²) in [6.07, 6.45) is 4.78. The number of amides is 1. The van der Waals surface area contributed by atoms with Gasteiger partial charge in [-0.15, -0.1) is 0 Å². The lowest BCUT2D eigenvalue weighted by Crippen LogP contribution is -2.18. The number of nitrogens with two attached hydrogens (primary N) is 1. The summed E-state index contributed by atoms with van der Waals surface area (Å²) in [5.74, 6) is 0.0192. The number of nitrogens with zero attached hydrogens (tertiary/aromatic N) is 5. The van der Waals surface area contributed by atoms with E-state index in [1.165, 1.54) is 16.8 Å². The van der Waals surface area contributed by atoms with Crippen molar-refractivity contribution in [3.63, 3.8) is 0 Å². The van der Waals surface area contributed by atoms with Crippen LogP contribution in [0, 0.1) is 5.82 Å². The van der Waals surface area contributed by atoms with Crippen LogP contribution in [-0.4, -0.2) is 30.4 Å². The Hall–Kier alpha value is -4.47. The fourth-order valence-electron chi connectivity index (χ4n) is 3.81. The van der Waals surface area contributed by atoms with Crippen LogP contribution in [-0.2, 0) is 12.8 Å². The zero-order valence-electron chi connectivity index (χ0n) is 18.6. The number of nitrogens with one attached hydrogen (secondary N) is 1. The van der Waals surface area contributed by atoms with Crippen molar-refractivity contribution in [2.75, 3.05) is 11.1 Å². The molecule has 1 amide bonds. The molecule has 0 bridgehead atoms. The quantitative estimate of drug-likeness (QED) is 0.391. The minimum absolute atomic E-state index is 0.0662. The third-order valence-electron chi connectivity index (χ3n) is 5.59. The monoisotopic (exact) mass is 459 g/mol. The number of aryl methyl sites for hydroxylation is 2. The normalized spacial score (nSPS) is 11.3. The second-order valence-corrected chi connectivity index (χ2v) is 7.72. The highest BCUT2D eigenvalue weighted by molar-refractivity contribution is 6.03. The van der Waals surface area contributed by atoms with Gasteiger partial charge in [-0.1, -0.05) is 19.0 Å². The molecule has 3 aromatic heterocycles. The van der Waals surface area contributed by atoms with Gasteiger partial charge < -0.3 is 20.1 Å². The lowest BCUT2D eigenvalue weighted by molar-refractivity contribution is 0.101. The Morgan fingerprint density at radius 1 is 1.12 bits per heavy atom. The molecule has 172 valence electrons. The van der Waals surface area contributed by atoms with Crippen molar-refractivity contribution in [1.29, 1.82) is 0 Å². The van der Waals surface area contributed by atoms with Crippen molar-refractivity contribution in [3.8, 4) is 11.4 Å². The van der Waals surface area contributed by atoms with Gasteiger partial charge >= 0.3 is 0 Å². The second kappa shape index (κ2) is 8.47. The maximum Gasteiger partial charge on any atom is 0.274 e. The van der Waals surface area contributed by atoms with Crippen LogP contribution in [0.5, 0.6) is 0 Å². The first-order chi connectivity index (χ1) is 16.5. The zero-order valence-corrected chi connectivity index (χ0v) is 18.6. The number of carbonyl (C=O) groups is 1. The number of benzene rings is 2. The van der Waals surface area contributed by atoms with E-state index in [0.29, 0.717) is 40.9 Å². The van der Waals surface area contributed by atoms with E-state index in [9.17, 15) is 9.18 Å². The number of hydrogen-bond donors (Lipinski definition) is 2. The fraction of sp³-hybridized carbons (Fsp3) is 0.167. The lowest BCUT2D eigenvalue weighted by atomic mass is 10.2. The third-order valence-corrected chi connectivity index (χ3v) is 5.59. The average Bonchev–Trinajstić information content (AvgIpc) is 3.58. The second-order valence-electron chi connectivity index (χ2n) is 7.72. The maximum atomic E-state index is 14.9. The predicted octanol–water partition coefficient (Wildman–Crippen LogP) is 4.30. The van der Waals surface area contributed by atoms with E-state index in [1.54, 1.807) is 42.7 Å². The molecule has 3 N–H and O–H groups in total. The molecule has 2 aromatic carbocycles. The van der Waals surface area contributed by atoms with Gasteiger partial charge in [0.1, 0.15) is 17.3 Å². The topological polar surface area (TPSA) is 117 Å². The Kier molecular flexibility index (Phi) is 5.33. The summed E-state index contributed by atoms with van der Waals surface area (Å²) in [4.78, 5) is 17.4. The largest absolute Gasteiger partial charge is 0.380 e. The van der Waals surface area contributed by atoms with Crippen LogP contribution in [0.25, 0.3) is 22.3 Å². The minimum atomic E-state index is -0.554. The first-order valence-corrected chi connectivity index (χ1v) is 10.9. The number of fused-ring (bicyclic) bond motifs is 1. The van der Waals surface area contributed by atoms with Crippen LogP contribution in [0.3, 0.4) is 0 Å². The van der Waals surface area contributed by atoms with E-state index in [1.807, 2.05) is 18.4 Å². The molecule has 0 aliphatic rings. The van der Waals surface area contributed by atoms with Crippen molar-refractivity contribution in [2.45, 2.75) is 26.7 Å². The Labute approximate surface area is 194 Å². The highest BCUT2D eigenvalue weighted by Gasteiger charge is 2.19. The summed E-state index contributed by atoms with van der Waals surface area (Å²) < 4.78 is 23.4. The van der Waals surface area contributed by atoms with Crippen molar-refractivity contribution in [1.82, 2.24) is 24.5 Å². The first kappa shape index (κ1) is 21.4. The summed E-state index contributed by atoms with van der Waals surface area (Å²) in [5.41, 5.74) is 8.68. The van der Waals surface area contributed by atoms with Gasteiger partial charge in [0.2, 0.25) is 0 Å². The molecule has 5 rings (SSSR count). The minimum Gasteiger partial charge on any atom is -0.380 e. The number of halogens is 1. The molecule has 0 unspecified atom stereocenters. The van der Waals surface area contributed by atoms with Gasteiger partial charge in [-0.2, -0.15) is 5.10 Å². The Balaban J connectivity index is 1.47. The highest BCUT2D eigenvalue weighted by Crippen LogP contribution is 2.25. The summed E-state index contributed by atoms with van der Waals surface area (Å²) >= 11 is 0. The predicted molar refractivity (Wildman–Crippen MR) is 126 cm³/mol. The van der Waals surface area contributed by atoms with E-state index in [-0.39, 0.29) is 17.2 Å². The molecule has 34 heavy (non-hydrogen) atoms. The standard InChI is InChI=1S/C24H22FN7O2/c1-3-14-11-20(32(29-14)16-6-8-21-17(12-16)23(26)30-34-21)24(33)28-19-7-5-15(13-18(19)25)31-10-9-27-22(31)4-2/h5-13H,3-4H2,1-2H3,(H2,26,30)(H,28,33). The lowest BCUT2D eigenvalue weighted by Gasteiger charge is -2.11. The molecule has 3 heterocycles. The Morgan fingerprint density at radius 3 is 2.71 bits per heavy atom. The van der Waals surface area contributed by atoms with Crippen molar-refractivity contribution < 1.29 is 13.7 Å². The van der Waals surface area contributed by atoms with Crippen molar-refractivity contribution >= 4 is 28.4 Å². The molecule has 0 saturated carbocycles. The molecule has 0 atom stereocenters. The molecule has 0 spiro atoms. The Bertz CT molecular complexity index is 1520. The van der Waals surface area contributed by atoms with Crippen LogP contribution in [0.2, 0.25) is 0 Å². The van der Waals surface area contributed by atoms with Gasteiger partial charge in [0.25, 0.3) is 5.91 Å². The molecule has 5 aromatic rings. The van der Waals surface area contributed by atoms with E-state index in [4.69, 9.17) is 10.3 Å². The molecular weight excluding hydrogens is 437 g/mol. The SMILES string of the molecule is CCc1cc(C(=O)Nc2ccc(-n3ccnc3CC)cc2F)n(-c2ccc3onc(N)c3c2)n1. The van der Waals surface area contributed by atoms with Gasteiger partial charge in [-0.3, -0.25) is 4.79 Å². The van der Waals surface area contributed by atoms with Gasteiger partial charge in [0, 0.05) is 30.6 Å². The molecular formula is C24H22FN7O2. The summed E-state index contributed by atoms with van der Waals surface area (Å²) in [5, 5.41) is 11.6. The number of nitrogen functional groups attached to an aromatic ring is 1. The molecule has 0 aliphatic heterocycles. The van der Waals surface area contributed by atoms with Crippen LogP contribution in [0.4, 0.5) is 15.9 Å². The van der Waals surface area contributed by atoms with Crippen LogP contribution in [0.1, 0.15) is 35.9 Å². The van der Waals surface area contributed by atoms with Gasteiger partial charge in [0.05, 0.1) is 22.5 Å². The molecule has 0 fully saturated rings. The van der Waals surface area contributed by atoms with Gasteiger partial charge in [-0.25, -0.2) is 14.1 Å². The number of rotatable bonds is 6. The number of aromatic nitrogens is 5. The maximum absolute atomic E-state index is 14.9. The molecule has 0 radical (unpaired) electrons. The van der Waals surface area contributed by atoms with E-state index >= 15 is 0 Å². The van der Waals surface area contributed by atoms with E-state index in [2.05, 4.69) is 20.6 Å². The smallest absolute Gasteiger partial charge is 0.274 e. The number of anilines is 2. The van der Waals surface area contributed by atoms with Crippen LogP contribution in [0.15, 0.2) is 59.4 Å². The van der Waals surface area contributed by atoms with Crippen molar-refractivity contribution in [3.05, 3.63) is 77.9 Å². The molecule has 9 nitrogen and oxygen atoms in total. The number of hydrogen-bond acceptors (Lipinski definition) is 6. The van der Waals surface area contributed by atoms with Gasteiger partial charge in [-0.05, 0) is 42.8 Å². The zero-order chi connectivity index (χ0) is 23.8. The van der Waals surface area contributed by atoms with Crippen LogP contribution >= 0.6 is 0 Å². The first-order valence-electron chi connectivity index (χ1n) is 10.9. The average molecular weight is 459 g/mol. The van der Waals surface area contributed by atoms with Gasteiger partial charge in [0.15, 0.2) is 11.4 Å². The van der Waals surface area contributed by atoms with E-state index < -0.39 is 11.7 Å². The van der Waals surface area contributed by atoms with Crippen molar-refractivity contribution in [2.24, 2.45) is 0 Å². The summed E-state index contributed by atoms with van der Waals surface area (Å²) in [7, 11) is 0. The molecule has 0 aliphatic carbocycles. The van der Waals surface area contributed by atoms with Crippen LogP contribution < -0.4 is 11.1 Å². The Morgan fingerprint density at radius 2 is 1.94 bits per heavy atom. The fourth-order valence-corrected chi connectivity index (χ4v) is 3.81.